The molecule has 7 heteroatoms. The fraction of sp³-hybridized carbons (Fsp3) is 0.278. The van der Waals surface area contributed by atoms with Crippen LogP contribution in [0, 0.1) is 12.7 Å². The van der Waals surface area contributed by atoms with E-state index in [0.717, 1.165) is 31.9 Å². The van der Waals surface area contributed by atoms with Crippen LogP contribution in [0.3, 0.4) is 0 Å². The molecule has 1 aromatic carbocycles. The molecule has 0 atom stereocenters. The van der Waals surface area contributed by atoms with E-state index in [4.69, 9.17) is 0 Å². The third kappa shape index (κ3) is 3.23. The van der Waals surface area contributed by atoms with Crippen LogP contribution in [0.15, 0.2) is 36.7 Å². The van der Waals surface area contributed by atoms with Gasteiger partial charge in [-0.25, -0.2) is 14.4 Å². The predicted molar refractivity (Wildman–Crippen MR) is 96.8 cm³/mol. The van der Waals surface area contributed by atoms with E-state index in [9.17, 15) is 4.39 Å². The molecule has 0 spiro atoms. The van der Waals surface area contributed by atoms with E-state index in [2.05, 4.69) is 42.6 Å². The first-order valence-electron chi connectivity index (χ1n) is 8.31. The molecule has 3 aromatic rings. The van der Waals surface area contributed by atoms with E-state index in [-0.39, 0.29) is 5.82 Å². The molecule has 1 saturated heterocycles. The Labute approximate surface area is 145 Å². The van der Waals surface area contributed by atoms with Gasteiger partial charge in [-0.15, -0.1) is 0 Å². The topological polar surface area (TPSA) is 66.0 Å². The van der Waals surface area contributed by atoms with E-state index in [0.29, 0.717) is 22.5 Å². The molecule has 3 heterocycles. The quantitative estimate of drug-likeness (QED) is 0.765. The summed E-state index contributed by atoms with van der Waals surface area (Å²) in [5.74, 6) is 0.0984. The molecule has 0 radical (unpaired) electrons. The third-order valence-corrected chi connectivity index (χ3v) is 4.44. The standard InChI is InChI=1S/C18H19FN6/c1-12-15-10-22-18(24-17(15)21-11-16(12)19)23-13-2-4-14(5-3-13)25-8-6-20-7-9-25/h2-5,10-11,20H,6-9H2,1H3,(H,21,22,23,24). The Morgan fingerprint density at radius 2 is 1.84 bits per heavy atom. The van der Waals surface area contributed by atoms with E-state index in [1.807, 2.05) is 12.1 Å². The van der Waals surface area contributed by atoms with Crippen molar-refractivity contribution in [3.63, 3.8) is 0 Å². The molecule has 0 amide bonds. The van der Waals surface area contributed by atoms with Gasteiger partial charge in [0.2, 0.25) is 5.95 Å². The highest BCUT2D eigenvalue weighted by atomic mass is 19.1. The Bertz CT molecular complexity index is 890. The summed E-state index contributed by atoms with van der Waals surface area (Å²) in [6.07, 6.45) is 2.79. The van der Waals surface area contributed by atoms with Gasteiger partial charge in [0.1, 0.15) is 5.82 Å². The lowest BCUT2D eigenvalue weighted by molar-refractivity contribution is 0.589. The summed E-state index contributed by atoms with van der Waals surface area (Å²) >= 11 is 0. The number of aromatic nitrogens is 3. The van der Waals surface area contributed by atoms with Gasteiger partial charge in [-0.2, -0.15) is 4.98 Å². The number of hydrogen-bond donors (Lipinski definition) is 2. The first kappa shape index (κ1) is 15.7. The van der Waals surface area contributed by atoms with Gasteiger partial charge in [-0.1, -0.05) is 0 Å². The number of aryl methyl sites for hydroxylation is 1. The maximum atomic E-state index is 13.5. The van der Waals surface area contributed by atoms with Gasteiger partial charge < -0.3 is 15.5 Å². The number of anilines is 3. The number of piperazine rings is 1. The van der Waals surface area contributed by atoms with Gasteiger partial charge in [-0.3, -0.25) is 0 Å². The molecule has 0 bridgehead atoms. The van der Waals surface area contributed by atoms with Crippen molar-refractivity contribution in [3.8, 4) is 0 Å². The van der Waals surface area contributed by atoms with E-state index in [1.54, 1.807) is 13.1 Å². The smallest absolute Gasteiger partial charge is 0.229 e. The summed E-state index contributed by atoms with van der Waals surface area (Å²) in [6.45, 7) is 5.75. The molecule has 2 aromatic heterocycles. The fourth-order valence-corrected chi connectivity index (χ4v) is 2.95. The second-order valence-corrected chi connectivity index (χ2v) is 6.07. The Hall–Kier alpha value is -2.80. The molecule has 0 saturated carbocycles. The van der Waals surface area contributed by atoms with Crippen LogP contribution in [0.4, 0.5) is 21.7 Å². The Morgan fingerprint density at radius 1 is 1.08 bits per heavy atom. The largest absolute Gasteiger partial charge is 0.369 e. The van der Waals surface area contributed by atoms with Gasteiger partial charge >= 0.3 is 0 Å². The Morgan fingerprint density at radius 3 is 2.60 bits per heavy atom. The molecule has 4 rings (SSSR count). The lowest BCUT2D eigenvalue weighted by Crippen LogP contribution is -2.43. The second kappa shape index (κ2) is 6.60. The summed E-state index contributed by atoms with van der Waals surface area (Å²) in [4.78, 5) is 15.0. The zero-order chi connectivity index (χ0) is 17.2. The van der Waals surface area contributed by atoms with Gasteiger partial charge in [0.25, 0.3) is 0 Å². The van der Waals surface area contributed by atoms with Crippen LogP contribution in [0.1, 0.15) is 5.56 Å². The highest BCUT2D eigenvalue weighted by molar-refractivity contribution is 5.78. The molecule has 0 unspecified atom stereocenters. The van der Waals surface area contributed by atoms with Crippen molar-refractivity contribution in [1.29, 1.82) is 0 Å². The first-order chi connectivity index (χ1) is 12.2. The normalized spacial score (nSPS) is 14.7. The van der Waals surface area contributed by atoms with Gasteiger partial charge in [0.05, 0.1) is 6.20 Å². The van der Waals surface area contributed by atoms with Crippen LogP contribution < -0.4 is 15.5 Å². The fourth-order valence-electron chi connectivity index (χ4n) is 2.95. The summed E-state index contributed by atoms with van der Waals surface area (Å²) in [7, 11) is 0. The number of hydrogen-bond acceptors (Lipinski definition) is 6. The minimum atomic E-state index is -0.347. The predicted octanol–water partition coefficient (Wildman–Crippen LogP) is 2.63. The lowest BCUT2D eigenvalue weighted by atomic mass is 10.2. The molecule has 2 N–H and O–H groups in total. The highest BCUT2D eigenvalue weighted by Crippen LogP contribution is 2.22. The first-order valence-corrected chi connectivity index (χ1v) is 8.31. The SMILES string of the molecule is Cc1c(F)cnc2nc(Nc3ccc(N4CCNCC4)cc3)ncc12. The van der Waals surface area contributed by atoms with Crippen LogP contribution in [-0.4, -0.2) is 41.1 Å². The van der Waals surface area contributed by atoms with E-state index < -0.39 is 0 Å². The average Bonchev–Trinajstić information content (AvgIpc) is 2.66. The molecule has 1 aliphatic rings. The molecule has 0 aliphatic carbocycles. The minimum Gasteiger partial charge on any atom is -0.369 e. The lowest BCUT2D eigenvalue weighted by Gasteiger charge is -2.29. The van der Waals surface area contributed by atoms with Crippen LogP contribution in [0.5, 0.6) is 0 Å². The number of fused-ring (bicyclic) bond motifs is 1. The highest BCUT2D eigenvalue weighted by Gasteiger charge is 2.11. The molecule has 1 fully saturated rings. The Balaban J connectivity index is 1.53. The van der Waals surface area contributed by atoms with Gasteiger partial charge in [0, 0.05) is 49.1 Å². The molecule has 128 valence electrons. The van der Waals surface area contributed by atoms with Crippen molar-refractivity contribution >= 4 is 28.4 Å². The van der Waals surface area contributed by atoms with Crippen molar-refractivity contribution in [1.82, 2.24) is 20.3 Å². The van der Waals surface area contributed by atoms with E-state index >= 15 is 0 Å². The minimum absolute atomic E-state index is 0.347. The zero-order valence-electron chi connectivity index (χ0n) is 14.0. The third-order valence-electron chi connectivity index (χ3n) is 4.44. The van der Waals surface area contributed by atoms with Crippen LogP contribution in [0.25, 0.3) is 11.0 Å². The summed E-state index contributed by atoms with van der Waals surface area (Å²) in [5.41, 5.74) is 3.10. The number of nitrogens with one attached hydrogen (secondary N) is 2. The second-order valence-electron chi connectivity index (χ2n) is 6.07. The zero-order valence-corrected chi connectivity index (χ0v) is 14.0. The molecule has 1 aliphatic heterocycles. The molecule has 25 heavy (non-hydrogen) atoms. The number of benzene rings is 1. The molecular weight excluding hydrogens is 319 g/mol. The van der Waals surface area contributed by atoms with Crippen LogP contribution in [-0.2, 0) is 0 Å². The van der Waals surface area contributed by atoms with Gasteiger partial charge in [0.15, 0.2) is 5.65 Å². The number of halogens is 1. The van der Waals surface area contributed by atoms with Crippen molar-refractivity contribution in [2.45, 2.75) is 6.92 Å². The van der Waals surface area contributed by atoms with Crippen molar-refractivity contribution in [2.75, 3.05) is 36.4 Å². The number of pyridine rings is 1. The van der Waals surface area contributed by atoms with Crippen molar-refractivity contribution < 1.29 is 4.39 Å². The summed E-state index contributed by atoms with van der Waals surface area (Å²) < 4.78 is 13.5. The number of nitrogens with zero attached hydrogens (tertiary/aromatic N) is 4. The maximum absolute atomic E-state index is 13.5. The van der Waals surface area contributed by atoms with Crippen molar-refractivity contribution in [2.24, 2.45) is 0 Å². The molecule has 6 nitrogen and oxygen atoms in total. The Kier molecular flexibility index (Phi) is 4.15. The van der Waals surface area contributed by atoms with Crippen LogP contribution in [0.2, 0.25) is 0 Å². The maximum Gasteiger partial charge on any atom is 0.229 e. The summed E-state index contributed by atoms with van der Waals surface area (Å²) in [6, 6.07) is 8.20. The van der Waals surface area contributed by atoms with Gasteiger partial charge in [-0.05, 0) is 36.8 Å². The number of rotatable bonds is 3. The average molecular weight is 338 g/mol. The van der Waals surface area contributed by atoms with Crippen molar-refractivity contribution in [3.05, 3.63) is 48.0 Å². The summed E-state index contributed by atoms with van der Waals surface area (Å²) in [5, 5.41) is 7.15. The monoisotopic (exact) mass is 338 g/mol. The molecular formula is C18H19FN6. The van der Waals surface area contributed by atoms with E-state index in [1.165, 1.54) is 11.9 Å². The van der Waals surface area contributed by atoms with Crippen LogP contribution >= 0.6 is 0 Å².